The fraction of sp³-hybridized carbons (Fsp3) is 0.167. The van der Waals surface area contributed by atoms with E-state index in [-0.39, 0.29) is 16.8 Å². The van der Waals surface area contributed by atoms with Crippen molar-refractivity contribution in [2.45, 2.75) is 26.8 Å². The normalized spacial score (nSPS) is 13.6. The van der Waals surface area contributed by atoms with Gasteiger partial charge in [-0.3, -0.25) is 9.59 Å². The van der Waals surface area contributed by atoms with Gasteiger partial charge in [-0.25, -0.2) is 0 Å². The molecule has 0 radical (unpaired) electrons. The molecule has 1 aliphatic heterocycles. The molecular formula is C24H21NO3. The van der Waals surface area contributed by atoms with Gasteiger partial charge < -0.3 is 8.98 Å². The van der Waals surface area contributed by atoms with E-state index in [4.69, 9.17) is 4.42 Å². The molecule has 3 heterocycles. The van der Waals surface area contributed by atoms with Gasteiger partial charge in [0.25, 0.3) is 0 Å². The molecule has 0 N–H and O–H groups in total. The zero-order valence-electron chi connectivity index (χ0n) is 16.0. The average molecular weight is 371 g/mol. The summed E-state index contributed by atoms with van der Waals surface area (Å²) in [4.78, 5) is 24.4. The number of hydrogen-bond donors (Lipinski definition) is 0. The third-order valence-corrected chi connectivity index (χ3v) is 5.20. The summed E-state index contributed by atoms with van der Waals surface area (Å²) in [5.74, 6) is 0.352. The summed E-state index contributed by atoms with van der Waals surface area (Å²) in [5.41, 5.74) is 4.63. The molecule has 0 saturated carbocycles. The number of carbonyl (C=O) groups is 1. The molecule has 2 aromatic heterocycles. The molecule has 4 rings (SSSR count). The van der Waals surface area contributed by atoms with Crippen molar-refractivity contribution in [2.24, 2.45) is 0 Å². The van der Waals surface area contributed by atoms with Gasteiger partial charge in [0.05, 0.1) is 11.3 Å². The van der Waals surface area contributed by atoms with Crippen LogP contribution in [0, 0.1) is 0 Å². The van der Waals surface area contributed by atoms with Crippen LogP contribution in [0.2, 0.25) is 0 Å². The number of allylic oxidation sites excluding steroid dienone is 5. The zero-order chi connectivity index (χ0) is 19.8. The summed E-state index contributed by atoms with van der Waals surface area (Å²) >= 11 is 0. The van der Waals surface area contributed by atoms with Crippen molar-refractivity contribution >= 4 is 22.3 Å². The number of hydrogen-bond acceptors (Lipinski definition) is 3. The van der Waals surface area contributed by atoms with Crippen molar-refractivity contribution in [3.63, 3.8) is 0 Å². The lowest BCUT2D eigenvalue weighted by molar-refractivity contribution is 0.104. The van der Waals surface area contributed by atoms with Crippen LogP contribution in [0.5, 0.6) is 0 Å². The Kier molecular flexibility index (Phi) is 4.47. The first-order valence-corrected chi connectivity index (χ1v) is 9.31. The van der Waals surface area contributed by atoms with E-state index in [1.165, 1.54) is 12.1 Å². The second-order valence-corrected chi connectivity index (χ2v) is 6.92. The minimum absolute atomic E-state index is 0.143. The second-order valence-electron chi connectivity index (χ2n) is 6.92. The van der Waals surface area contributed by atoms with E-state index in [1.54, 1.807) is 6.20 Å². The first-order valence-electron chi connectivity index (χ1n) is 9.31. The van der Waals surface area contributed by atoms with Gasteiger partial charge in [-0.2, -0.15) is 0 Å². The number of furan rings is 1. The number of pyridine rings is 1. The number of fused-ring (bicyclic) bond motifs is 5. The number of benzene rings is 1. The van der Waals surface area contributed by atoms with Crippen molar-refractivity contribution in [1.29, 1.82) is 0 Å². The predicted molar refractivity (Wildman–Crippen MR) is 113 cm³/mol. The van der Waals surface area contributed by atoms with E-state index < -0.39 is 0 Å². The summed E-state index contributed by atoms with van der Waals surface area (Å²) in [6.45, 7) is 8.20. The Labute approximate surface area is 163 Å². The summed E-state index contributed by atoms with van der Waals surface area (Å²) in [6.07, 6.45) is 9.62. The SMILES string of the molecule is C=CC(=O)c1cn2c(cc1=O)-c1oc3c(/C(C)=C/C=C\C)cccc3c1CC2. The number of carbonyl (C=O) groups excluding carboxylic acids is 1. The maximum atomic E-state index is 12.5. The molecule has 0 fully saturated rings. The first-order chi connectivity index (χ1) is 13.5. The molecule has 0 amide bonds. The highest BCUT2D eigenvalue weighted by molar-refractivity contribution is 6.04. The number of para-hydroxylation sites is 1. The Bertz CT molecular complexity index is 1230. The molecule has 1 aromatic carbocycles. The topological polar surface area (TPSA) is 52.2 Å². The molecule has 4 nitrogen and oxygen atoms in total. The molecule has 0 atom stereocenters. The van der Waals surface area contributed by atoms with Crippen molar-refractivity contribution in [3.05, 3.63) is 88.3 Å². The van der Waals surface area contributed by atoms with E-state index in [2.05, 4.69) is 25.6 Å². The molecule has 140 valence electrons. The Hall–Kier alpha value is -3.40. The Morgan fingerprint density at radius 2 is 2.11 bits per heavy atom. The Morgan fingerprint density at radius 3 is 2.86 bits per heavy atom. The minimum atomic E-state index is -0.359. The first kappa shape index (κ1) is 18.0. The molecule has 0 unspecified atom stereocenters. The fourth-order valence-electron chi connectivity index (χ4n) is 3.75. The second kappa shape index (κ2) is 6.97. The van der Waals surface area contributed by atoms with Gasteiger partial charge >= 0.3 is 0 Å². The maximum absolute atomic E-state index is 12.5. The number of rotatable bonds is 4. The van der Waals surface area contributed by atoms with Crippen LogP contribution in [0.4, 0.5) is 0 Å². The summed E-state index contributed by atoms with van der Waals surface area (Å²) < 4.78 is 8.22. The van der Waals surface area contributed by atoms with Crippen LogP contribution in [0.15, 0.2) is 70.6 Å². The van der Waals surface area contributed by atoms with Crippen molar-refractivity contribution in [2.75, 3.05) is 0 Å². The average Bonchev–Trinajstić information content (AvgIpc) is 3.10. The van der Waals surface area contributed by atoms with Gasteiger partial charge in [0, 0.05) is 35.3 Å². The smallest absolute Gasteiger partial charge is 0.193 e. The number of nitrogens with zero attached hydrogens (tertiary/aromatic N) is 1. The minimum Gasteiger partial charge on any atom is -0.454 e. The molecule has 0 saturated heterocycles. The number of ketones is 1. The van der Waals surface area contributed by atoms with E-state index in [0.29, 0.717) is 18.0 Å². The molecule has 1 aliphatic rings. The van der Waals surface area contributed by atoms with E-state index >= 15 is 0 Å². The Morgan fingerprint density at radius 1 is 1.29 bits per heavy atom. The van der Waals surface area contributed by atoms with Crippen molar-refractivity contribution < 1.29 is 9.21 Å². The molecule has 4 heteroatoms. The standard InChI is InChI=1S/C24H21NO3/c1-4-6-8-15(3)16-9-7-10-17-18-11-12-25-14-19(21(26)5-2)22(27)13-20(25)24(18)28-23(16)17/h4-10,13-14H,2,11-12H2,1,3H3/b6-4-,15-8+. The van der Waals surface area contributed by atoms with Crippen LogP contribution in [0.1, 0.15) is 35.3 Å². The number of aryl methyl sites for hydroxylation is 2. The van der Waals surface area contributed by atoms with Gasteiger partial charge in [0.1, 0.15) is 5.58 Å². The zero-order valence-corrected chi connectivity index (χ0v) is 16.0. The third-order valence-electron chi connectivity index (χ3n) is 5.20. The monoisotopic (exact) mass is 371 g/mol. The summed E-state index contributed by atoms with van der Waals surface area (Å²) in [7, 11) is 0. The molecule has 0 spiro atoms. The lowest BCUT2D eigenvalue weighted by atomic mass is 9.98. The molecule has 0 aliphatic carbocycles. The fourth-order valence-corrected chi connectivity index (χ4v) is 3.75. The third kappa shape index (κ3) is 2.78. The molecule has 28 heavy (non-hydrogen) atoms. The quantitative estimate of drug-likeness (QED) is 0.361. The van der Waals surface area contributed by atoms with E-state index in [1.807, 2.05) is 35.8 Å². The van der Waals surface area contributed by atoms with Crippen molar-refractivity contribution in [1.82, 2.24) is 4.57 Å². The van der Waals surface area contributed by atoms with Gasteiger partial charge in [-0.1, -0.05) is 43.0 Å². The molecule has 3 aromatic rings. The van der Waals surface area contributed by atoms with Crippen LogP contribution in [0.3, 0.4) is 0 Å². The highest BCUT2D eigenvalue weighted by Crippen LogP contribution is 2.39. The van der Waals surface area contributed by atoms with Crippen molar-refractivity contribution in [3.8, 4) is 11.5 Å². The van der Waals surface area contributed by atoms with E-state index in [9.17, 15) is 9.59 Å². The van der Waals surface area contributed by atoms with E-state index in [0.717, 1.165) is 34.1 Å². The molecular weight excluding hydrogens is 350 g/mol. The van der Waals surface area contributed by atoms with Crippen LogP contribution >= 0.6 is 0 Å². The van der Waals surface area contributed by atoms with Crippen LogP contribution < -0.4 is 5.43 Å². The van der Waals surface area contributed by atoms with Crippen LogP contribution in [-0.2, 0) is 13.0 Å². The van der Waals surface area contributed by atoms with Crippen LogP contribution in [0.25, 0.3) is 28.0 Å². The highest BCUT2D eigenvalue weighted by Gasteiger charge is 2.25. The lowest BCUT2D eigenvalue weighted by Gasteiger charge is -2.18. The van der Waals surface area contributed by atoms with Gasteiger partial charge in [-0.05, 0) is 31.9 Å². The largest absolute Gasteiger partial charge is 0.454 e. The van der Waals surface area contributed by atoms with Gasteiger partial charge in [-0.15, -0.1) is 0 Å². The molecule has 0 bridgehead atoms. The summed E-state index contributed by atoms with van der Waals surface area (Å²) in [6, 6.07) is 7.65. The summed E-state index contributed by atoms with van der Waals surface area (Å²) in [5, 5.41) is 1.07. The van der Waals surface area contributed by atoms with Gasteiger partial charge in [0.2, 0.25) is 0 Å². The van der Waals surface area contributed by atoms with Gasteiger partial charge in [0.15, 0.2) is 17.0 Å². The predicted octanol–water partition coefficient (Wildman–Crippen LogP) is 5.17. The van der Waals surface area contributed by atoms with Crippen LogP contribution in [-0.4, -0.2) is 10.4 Å². The highest BCUT2D eigenvalue weighted by atomic mass is 16.3. The number of aromatic nitrogens is 1. The Balaban J connectivity index is 1.94. The maximum Gasteiger partial charge on any atom is 0.193 e. The lowest BCUT2D eigenvalue weighted by Crippen LogP contribution is -2.20.